The molecule has 0 aliphatic carbocycles. The van der Waals surface area contributed by atoms with Gasteiger partial charge in [0.1, 0.15) is 5.88 Å². The van der Waals surface area contributed by atoms with Gasteiger partial charge in [-0.2, -0.15) is 0 Å². The summed E-state index contributed by atoms with van der Waals surface area (Å²) in [5.41, 5.74) is 0. The third-order valence-electron chi connectivity index (χ3n) is 2.72. The Bertz CT molecular complexity index is 424. The van der Waals surface area contributed by atoms with E-state index in [4.69, 9.17) is 9.66 Å². The lowest BCUT2D eigenvalue weighted by molar-refractivity contribution is 0.128. The largest absolute Gasteiger partial charge is 0.465 e. The van der Waals surface area contributed by atoms with Gasteiger partial charge in [0.15, 0.2) is 11.1 Å². The van der Waals surface area contributed by atoms with Gasteiger partial charge >= 0.3 is 6.09 Å². The topological polar surface area (TPSA) is 81.1 Å². The maximum atomic E-state index is 11.1. The first-order chi connectivity index (χ1) is 8.90. The van der Waals surface area contributed by atoms with Crippen molar-refractivity contribution in [2.45, 2.75) is 12.5 Å². The summed E-state index contributed by atoms with van der Waals surface area (Å²) in [4.78, 5) is 15.1. The second-order valence-electron chi connectivity index (χ2n) is 4.32. The van der Waals surface area contributed by atoms with Crippen molar-refractivity contribution in [3.63, 3.8) is 0 Å². The Kier molecular flexibility index (Phi) is 6.43. The molecule has 1 unspecified atom stereocenters. The number of hydrogen-bond acceptors (Lipinski definition) is 4. The van der Waals surface area contributed by atoms with Gasteiger partial charge in [0, 0.05) is 24.9 Å². The Labute approximate surface area is 118 Å². The van der Waals surface area contributed by atoms with Crippen LogP contribution < -0.4 is 0 Å². The minimum atomic E-state index is -1.91. The molecule has 0 saturated carbocycles. The number of nitrogens with zero attached hydrogens (tertiary/aromatic N) is 2. The molecule has 0 aromatic carbocycles. The van der Waals surface area contributed by atoms with E-state index in [1.165, 1.54) is 11.9 Å². The van der Waals surface area contributed by atoms with Crippen molar-refractivity contribution in [3.05, 3.63) is 22.4 Å². The zero-order valence-electron chi connectivity index (χ0n) is 10.9. The molecule has 0 aliphatic rings. The average molecular weight is 306 g/mol. The molecule has 0 spiro atoms. The van der Waals surface area contributed by atoms with Crippen LogP contribution in [0.2, 0.25) is 0 Å². The number of rotatable bonds is 7. The molecule has 0 aliphatic heterocycles. The van der Waals surface area contributed by atoms with E-state index in [1.54, 1.807) is 23.3 Å². The number of carbonyl (C=O) groups is 1. The highest BCUT2D eigenvalue weighted by atomic mass is 32.2. The van der Waals surface area contributed by atoms with Crippen LogP contribution >= 0.6 is 11.3 Å². The summed E-state index contributed by atoms with van der Waals surface area (Å²) in [5.74, 6) is 0.00833. The van der Waals surface area contributed by atoms with Crippen molar-refractivity contribution in [1.82, 2.24) is 9.80 Å². The van der Waals surface area contributed by atoms with E-state index in [0.717, 1.165) is 4.88 Å². The van der Waals surface area contributed by atoms with Crippen molar-refractivity contribution in [2.24, 2.45) is 0 Å². The lowest BCUT2D eigenvalue weighted by atomic mass is 10.1. The van der Waals surface area contributed by atoms with E-state index in [0.29, 0.717) is 13.0 Å². The van der Waals surface area contributed by atoms with E-state index in [2.05, 4.69) is 0 Å². The Balaban J connectivity index is 2.69. The van der Waals surface area contributed by atoms with E-state index >= 15 is 0 Å². The van der Waals surface area contributed by atoms with Gasteiger partial charge in [0.25, 0.3) is 0 Å². The molecule has 0 bridgehead atoms. The lowest BCUT2D eigenvalue weighted by Crippen LogP contribution is -2.45. The summed E-state index contributed by atoms with van der Waals surface area (Å²) in [6.45, 7) is 0.410. The van der Waals surface area contributed by atoms with Crippen molar-refractivity contribution in [1.29, 1.82) is 0 Å². The number of likely N-dealkylation sites (N-methyl/N-ethyl adjacent to an activating group) is 2. The molecule has 0 fully saturated rings. The highest BCUT2D eigenvalue weighted by Gasteiger charge is 2.22. The predicted octanol–water partition coefficient (Wildman–Crippen LogP) is 1.38. The molecule has 0 radical (unpaired) electrons. The summed E-state index contributed by atoms with van der Waals surface area (Å²) in [7, 11) is 3.22. The minimum Gasteiger partial charge on any atom is -0.465 e. The van der Waals surface area contributed by atoms with Crippen LogP contribution in [0.15, 0.2) is 17.5 Å². The first kappa shape index (κ1) is 16.1. The van der Waals surface area contributed by atoms with Crippen LogP contribution in [-0.4, -0.2) is 62.3 Å². The first-order valence-corrected chi connectivity index (χ1v) is 7.80. The highest BCUT2D eigenvalue weighted by molar-refractivity contribution is 7.79. The Morgan fingerprint density at radius 2 is 2.21 bits per heavy atom. The van der Waals surface area contributed by atoms with Crippen molar-refractivity contribution in [3.8, 4) is 0 Å². The van der Waals surface area contributed by atoms with E-state index < -0.39 is 17.2 Å². The smallest absolute Gasteiger partial charge is 0.407 e. The molecule has 1 heterocycles. The monoisotopic (exact) mass is 306 g/mol. The van der Waals surface area contributed by atoms with Gasteiger partial charge in [0.05, 0.1) is 6.04 Å². The SMILES string of the molecule is CN(C[C@@H](Cc1cccs1)N(C)C(=O)O)CS(=O)O. The van der Waals surface area contributed by atoms with Crippen LogP contribution in [0.3, 0.4) is 0 Å². The maximum Gasteiger partial charge on any atom is 0.407 e. The molecule has 2 N–H and O–H groups in total. The fraction of sp³-hybridized carbons (Fsp3) is 0.545. The zero-order valence-corrected chi connectivity index (χ0v) is 12.5. The molecule has 1 aromatic rings. The van der Waals surface area contributed by atoms with Crippen molar-refractivity contribution < 1.29 is 18.7 Å². The van der Waals surface area contributed by atoms with Crippen molar-refractivity contribution in [2.75, 3.05) is 26.5 Å². The number of amides is 1. The van der Waals surface area contributed by atoms with E-state index in [9.17, 15) is 9.00 Å². The van der Waals surface area contributed by atoms with Gasteiger partial charge in [-0.3, -0.25) is 4.90 Å². The Morgan fingerprint density at radius 1 is 1.53 bits per heavy atom. The highest BCUT2D eigenvalue weighted by Crippen LogP contribution is 2.14. The molecule has 1 amide bonds. The Hall–Kier alpha value is -0.960. The second kappa shape index (κ2) is 7.59. The molecule has 19 heavy (non-hydrogen) atoms. The first-order valence-electron chi connectivity index (χ1n) is 5.64. The van der Waals surface area contributed by atoms with E-state index in [-0.39, 0.29) is 11.9 Å². The van der Waals surface area contributed by atoms with Gasteiger partial charge in [-0.1, -0.05) is 6.07 Å². The second-order valence-corrected chi connectivity index (χ2v) is 6.25. The number of hydrogen-bond donors (Lipinski definition) is 2. The molecule has 8 heteroatoms. The van der Waals surface area contributed by atoms with Gasteiger partial charge in [-0.05, 0) is 18.5 Å². The lowest BCUT2D eigenvalue weighted by Gasteiger charge is -2.29. The van der Waals surface area contributed by atoms with Crippen LogP contribution in [0.25, 0.3) is 0 Å². The average Bonchev–Trinajstić information content (AvgIpc) is 2.78. The predicted molar refractivity (Wildman–Crippen MR) is 75.9 cm³/mol. The molecule has 6 nitrogen and oxygen atoms in total. The summed E-state index contributed by atoms with van der Waals surface area (Å²) in [6.07, 6.45) is -0.400. The molecular weight excluding hydrogens is 288 g/mol. The summed E-state index contributed by atoms with van der Waals surface area (Å²) >= 11 is -0.338. The summed E-state index contributed by atoms with van der Waals surface area (Å²) in [5, 5.41) is 11.0. The third-order valence-corrected chi connectivity index (χ3v) is 4.28. The standard InChI is InChI=1S/C11H18N2O4S2/c1-12(8-19(16)17)7-9(13(2)11(14)15)6-10-4-3-5-18-10/h3-5,9H,6-8H2,1-2H3,(H,14,15)(H,16,17)/t9-/m1/s1. The van der Waals surface area contributed by atoms with Crippen LogP contribution in [0.1, 0.15) is 4.88 Å². The molecule has 1 rings (SSSR count). The van der Waals surface area contributed by atoms with Crippen LogP contribution in [0.4, 0.5) is 4.79 Å². The molecule has 1 aromatic heterocycles. The van der Waals surface area contributed by atoms with E-state index in [1.807, 2.05) is 17.5 Å². The zero-order chi connectivity index (χ0) is 14.4. The fourth-order valence-electron chi connectivity index (χ4n) is 1.74. The van der Waals surface area contributed by atoms with Gasteiger partial charge in [-0.25, -0.2) is 9.00 Å². The van der Waals surface area contributed by atoms with Crippen molar-refractivity contribution >= 4 is 28.5 Å². The Morgan fingerprint density at radius 3 is 2.68 bits per heavy atom. The normalized spacial score (nSPS) is 14.3. The molecular formula is C11H18N2O4S2. The molecule has 2 atom stereocenters. The quantitative estimate of drug-likeness (QED) is 0.744. The number of carboxylic acid groups (broad SMARTS) is 1. The van der Waals surface area contributed by atoms with Crippen LogP contribution in [0, 0.1) is 0 Å². The van der Waals surface area contributed by atoms with Crippen LogP contribution in [0.5, 0.6) is 0 Å². The fourth-order valence-corrected chi connectivity index (χ4v) is 3.00. The van der Waals surface area contributed by atoms with Gasteiger partial charge in [0.2, 0.25) is 0 Å². The van der Waals surface area contributed by atoms with Gasteiger partial charge in [-0.15, -0.1) is 11.3 Å². The minimum absolute atomic E-state index is 0.00833. The third kappa shape index (κ3) is 5.68. The number of thiophene rings is 1. The van der Waals surface area contributed by atoms with Crippen LogP contribution in [-0.2, 0) is 17.5 Å². The molecule has 108 valence electrons. The molecule has 0 saturated heterocycles. The maximum absolute atomic E-state index is 11.1. The summed E-state index contributed by atoms with van der Waals surface area (Å²) in [6, 6.07) is 3.63. The van der Waals surface area contributed by atoms with Gasteiger partial charge < -0.3 is 14.6 Å². The summed E-state index contributed by atoms with van der Waals surface area (Å²) < 4.78 is 19.6.